The number of aryl methyl sites for hydroxylation is 1. The van der Waals surface area contributed by atoms with Gasteiger partial charge in [0.25, 0.3) is 16.8 Å². The highest BCUT2D eigenvalue weighted by Gasteiger charge is 2.13. The van der Waals surface area contributed by atoms with Crippen molar-refractivity contribution in [1.82, 2.24) is 10.2 Å². The van der Waals surface area contributed by atoms with Crippen molar-refractivity contribution in [3.63, 3.8) is 0 Å². The van der Waals surface area contributed by atoms with Gasteiger partial charge in [0.2, 0.25) is 0 Å². The SMILES string of the molecule is Cc1occc1-c1nnc(SCc2ccc([N+](=O)[O-])cc2)o1. The molecular formula is C14H11N3O4S. The molecule has 22 heavy (non-hydrogen) atoms. The number of hydrogen-bond donors (Lipinski definition) is 0. The van der Waals surface area contributed by atoms with E-state index in [0.717, 1.165) is 16.9 Å². The Morgan fingerprint density at radius 2 is 2.00 bits per heavy atom. The van der Waals surface area contributed by atoms with E-state index < -0.39 is 4.92 Å². The highest BCUT2D eigenvalue weighted by molar-refractivity contribution is 7.98. The third-order valence-electron chi connectivity index (χ3n) is 3.01. The zero-order valence-corrected chi connectivity index (χ0v) is 12.4. The molecule has 7 nitrogen and oxygen atoms in total. The molecule has 0 fully saturated rings. The number of thioether (sulfide) groups is 1. The Bertz CT molecular complexity index is 795. The van der Waals surface area contributed by atoms with Crippen LogP contribution in [-0.2, 0) is 5.75 Å². The highest BCUT2D eigenvalue weighted by atomic mass is 32.2. The fraction of sp³-hybridized carbons (Fsp3) is 0.143. The van der Waals surface area contributed by atoms with Gasteiger partial charge in [0.1, 0.15) is 5.76 Å². The van der Waals surface area contributed by atoms with Crippen LogP contribution >= 0.6 is 11.8 Å². The number of rotatable bonds is 5. The molecule has 0 N–H and O–H groups in total. The smallest absolute Gasteiger partial charge is 0.277 e. The molecule has 0 radical (unpaired) electrons. The summed E-state index contributed by atoms with van der Waals surface area (Å²) in [6.07, 6.45) is 1.57. The number of furan rings is 1. The van der Waals surface area contributed by atoms with Gasteiger partial charge in [-0.05, 0) is 18.6 Å². The van der Waals surface area contributed by atoms with Crippen LogP contribution in [0.15, 0.2) is 50.7 Å². The van der Waals surface area contributed by atoms with Gasteiger partial charge >= 0.3 is 0 Å². The van der Waals surface area contributed by atoms with Gasteiger partial charge in [-0.25, -0.2) is 0 Å². The van der Waals surface area contributed by atoms with Crippen molar-refractivity contribution >= 4 is 17.4 Å². The number of nitrogens with zero attached hydrogens (tertiary/aromatic N) is 3. The number of aromatic nitrogens is 2. The van der Waals surface area contributed by atoms with E-state index in [9.17, 15) is 10.1 Å². The zero-order chi connectivity index (χ0) is 15.5. The quantitative estimate of drug-likeness (QED) is 0.401. The average Bonchev–Trinajstić information content (AvgIpc) is 3.14. The second kappa shape index (κ2) is 6.02. The Labute approximate surface area is 129 Å². The Hall–Kier alpha value is -2.61. The first-order valence-electron chi connectivity index (χ1n) is 6.37. The van der Waals surface area contributed by atoms with Gasteiger partial charge in [0.15, 0.2) is 0 Å². The van der Waals surface area contributed by atoms with Crippen LogP contribution in [0.4, 0.5) is 5.69 Å². The van der Waals surface area contributed by atoms with E-state index in [2.05, 4.69) is 10.2 Å². The molecule has 3 aromatic rings. The van der Waals surface area contributed by atoms with Crippen LogP contribution in [0.25, 0.3) is 11.5 Å². The number of hydrogen-bond acceptors (Lipinski definition) is 7. The third kappa shape index (κ3) is 3.01. The number of nitro benzene ring substituents is 1. The van der Waals surface area contributed by atoms with Crippen LogP contribution in [0.2, 0.25) is 0 Å². The second-order valence-electron chi connectivity index (χ2n) is 4.48. The Balaban J connectivity index is 1.66. The summed E-state index contributed by atoms with van der Waals surface area (Å²) in [5.74, 6) is 1.72. The van der Waals surface area contributed by atoms with Crippen molar-refractivity contribution in [2.45, 2.75) is 17.9 Å². The first-order chi connectivity index (χ1) is 10.6. The molecular weight excluding hydrogens is 306 g/mol. The first kappa shape index (κ1) is 14.3. The standard InChI is InChI=1S/C14H11N3O4S/c1-9-12(6-7-20-9)13-15-16-14(21-13)22-8-10-2-4-11(5-3-10)17(18)19/h2-7H,8H2,1H3. The summed E-state index contributed by atoms with van der Waals surface area (Å²) >= 11 is 1.37. The van der Waals surface area contributed by atoms with E-state index in [1.165, 1.54) is 23.9 Å². The predicted octanol–water partition coefficient (Wildman–Crippen LogP) is 3.84. The highest BCUT2D eigenvalue weighted by Crippen LogP contribution is 2.28. The van der Waals surface area contributed by atoms with E-state index in [-0.39, 0.29) is 5.69 Å². The Morgan fingerprint density at radius 1 is 1.23 bits per heavy atom. The number of nitro groups is 1. The lowest BCUT2D eigenvalue weighted by molar-refractivity contribution is -0.384. The molecule has 0 aliphatic carbocycles. The van der Waals surface area contributed by atoms with Crippen LogP contribution in [0, 0.1) is 17.0 Å². The van der Waals surface area contributed by atoms with Gasteiger partial charge < -0.3 is 8.83 Å². The summed E-state index contributed by atoms with van der Waals surface area (Å²) < 4.78 is 10.8. The van der Waals surface area contributed by atoms with Crippen LogP contribution in [0.1, 0.15) is 11.3 Å². The minimum absolute atomic E-state index is 0.0734. The predicted molar refractivity (Wildman–Crippen MR) is 79.4 cm³/mol. The van der Waals surface area contributed by atoms with E-state index in [4.69, 9.17) is 8.83 Å². The minimum Gasteiger partial charge on any atom is -0.469 e. The van der Waals surface area contributed by atoms with E-state index in [1.54, 1.807) is 24.5 Å². The molecule has 0 spiro atoms. The van der Waals surface area contributed by atoms with Crippen molar-refractivity contribution in [2.24, 2.45) is 0 Å². The molecule has 0 unspecified atom stereocenters. The summed E-state index contributed by atoms with van der Waals surface area (Å²) in [4.78, 5) is 10.2. The molecule has 0 atom stereocenters. The monoisotopic (exact) mass is 317 g/mol. The fourth-order valence-corrected chi connectivity index (χ4v) is 2.56. The minimum atomic E-state index is -0.422. The lowest BCUT2D eigenvalue weighted by Crippen LogP contribution is -1.88. The summed E-state index contributed by atoms with van der Waals surface area (Å²) in [5.41, 5.74) is 1.79. The van der Waals surface area contributed by atoms with Crippen LogP contribution < -0.4 is 0 Å². The molecule has 3 rings (SSSR count). The van der Waals surface area contributed by atoms with Crippen LogP contribution in [-0.4, -0.2) is 15.1 Å². The molecule has 0 aliphatic heterocycles. The van der Waals surface area contributed by atoms with Gasteiger partial charge in [-0.15, -0.1) is 10.2 Å². The Morgan fingerprint density at radius 3 is 2.64 bits per heavy atom. The molecule has 2 heterocycles. The molecule has 0 aliphatic rings. The molecule has 8 heteroatoms. The third-order valence-corrected chi connectivity index (χ3v) is 3.89. The second-order valence-corrected chi connectivity index (χ2v) is 5.40. The maximum Gasteiger partial charge on any atom is 0.277 e. The summed E-state index contributed by atoms with van der Waals surface area (Å²) in [6.45, 7) is 1.82. The summed E-state index contributed by atoms with van der Waals surface area (Å²) in [7, 11) is 0. The van der Waals surface area contributed by atoms with Crippen molar-refractivity contribution in [2.75, 3.05) is 0 Å². The molecule has 1 aromatic carbocycles. The normalized spacial score (nSPS) is 10.8. The Kier molecular flexibility index (Phi) is 3.92. The van der Waals surface area contributed by atoms with Gasteiger partial charge in [0.05, 0.1) is 16.7 Å². The maximum atomic E-state index is 10.6. The lowest BCUT2D eigenvalue weighted by Gasteiger charge is -1.97. The first-order valence-corrected chi connectivity index (χ1v) is 7.36. The van der Waals surface area contributed by atoms with Crippen LogP contribution in [0.3, 0.4) is 0 Å². The number of non-ortho nitro benzene ring substituents is 1. The van der Waals surface area contributed by atoms with Gasteiger partial charge in [-0.2, -0.15) is 0 Å². The molecule has 0 saturated heterocycles. The van der Waals surface area contributed by atoms with E-state index in [1.807, 2.05) is 6.92 Å². The summed E-state index contributed by atoms with van der Waals surface area (Å²) in [5, 5.41) is 19.0. The van der Waals surface area contributed by atoms with Crippen LogP contribution in [0.5, 0.6) is 0 Å². The molecule has 112 valence electrons. The number of benzene rings is 1. The van der Waals surface area contributed by atoms with Gasteiger partial charge in [-0.3, -0.25) is 10.1 Å². The topological polar surface area (TPSA) is 95.2 Å². The van der Waals surface area contributed by atoms with Crippen molar-refractivity contribution in [1.29, 1.82) is 0 Å². The molecule has 0 amide bonds. The lowest BCUT2D eigenvalue weighted by atomic mass is 10.2. The maximum absolute atomic E-state index is 10.6. The largest absolute Gasteiger partial charge is 0.469 e. The molecule has 2 aromatic heterocycles. The molecule has 0 saturated carbocycles. The molecule has 0 bridgehead atoms. The zero-order valence-electron chi connectivity index (χ0n) is 11.6. The van der Waals surface area contributed by atoms with Gasteiger partial charge in [-0.1, -0.05) is 23.9 Å². The fourth-order valence-electron chi connectivity index (χ4n) is 1.84. The van der Waals surface area contributed by atoms with Crippen molar-refractivity contribution in [3.05, 3.63) is 58.0 Å². The average molecular weight is 317 g/mol. The van der Waals surface area contributed by atoms with E-state index in [0.29, 0.717) is 16.9 Å². The van der Waals surface area contributed by atoms with Crippen molar-refractivity contribution < 1.29 is 13.8 Å². The van der Waals surface area contributed by atoms with Gasteiger partial charge in [0, 0.05) is 17.9 Å². The summed E-state index contributed by atoms with van der Waals surface area (Å²) in [6, 6.07) is 8.15. The van der Waals surface area contributed by atoms with E-state index >= 15 is 0 Å². The van der Waals surface area contributed by atoms with Crippen molar-refractivity contribution in [3.8, 4) is 11.5 Å².